The first-order chi connectivity index (χ1) is 14.2. The Hall–Kier alpha value is -2.30. The summed E-state index contributed by atoms with van der Waals surface area (Å²) in [5.74, 6) is 1.63. The van der Waals surface area contributed by atoms with Crippen LogP contribution in [0.3, 0.4) is 0 Å². The summed E-state index contributed by atoms with van der Waals surface area (Å²) >= 11 is 0. The molecule has 7 nitrogen and oxygen atoms in total. The largest absolute Gasteiger partial charge is 0.492 e. The van der Waals surface area contributed by atoms with E-state index in [1.165, 1.54) is 0 Å². The summed E-state index contributed by atoms with van der Waals surface area (Å²) in [7, 11) is 1.87. The second kappa shape index (κ2) is 9.23. The topological polar surface area (TPSA) is 91.8 Å². The zero-order valence-corrected chi connectivity index (χ0v) is 18.5. The number of carbonyl (C=O) groups is 1. The highest BCUT2D eigenvalue weighted by Gasteiger charge is 2.46. The number of fused-ring (bicyclic) bond motifs is 2. The van der Waals surface area contributed by atoms with Crippen molar-refractivity contribution in [1.82, 2.24) is 9.80 Å². The predicted octanol–water partition coefficient (Wildman–Crippen LogP) is 2.84. The second-order valence-electron chi connectivity index (χ2n) is 9.61. The van der Waals surface area contributed by atoms with Crippen molar-refractivity contribution in [3.05, 3.63) is 29.8 Å². The van der Waals surface area contributed by atoms with Crippen molar-refractivity contribution in [3.63, 3.8) is 0 Å². The molecule has 7 heteroatoms. The van der Waals surface area contributed by atoms with Gasteiger partial charge in [0.1, 0.15) is 18.0 Å². The molecule has 1 saturated carbocycles. The minimum atomic E-state index is -0.479. The fraction of sp³-hybridized carbons (Fsp3) is 0.652. The molecule has 1 heterocycles. The summed E-state index contributed by atoms with van der Waals surface area (Å²) < 4.78 is 11.4. The summed E-state index contributed by atoms with van der Waals surface area (Å²) in [5, 5.41) is 8.86. The Bertz CT molecular complexity index is 754. The van der Waals surface area contributed by atoms with Gasteiger partial charge in [0.25, 0.3) is 0 Å². The number of likely N-dealkylation sites (tertiary alicyclic amines) is 1. The van der Waals surface area contributed by atoms with E-state index >= 15 is 0 Å². The Kier molecular flexibility index (Phi) is 6.89. The van der Waals surface area contributed by atoms with Crippen molar-refractivity contribution in [3.8, 4) is 11.8 Å². The SMILES string of the molecule is CN(C(=O)OC(C)(C)C)C1C2CCC1CN(CC(N)COc1ccc(C#N)cc1)C2. The maximum absolute atomic E-state index is 12.5. The molecule has 1 aliphatic heterocycles. The van der Waals surface area contributed by atoms with Crippen molar-refractivity contribution >= 4 is 6.09 Å². The average molecular weight is 415 g/mol. The van der Waals surface area contributed by atoms with E-state index in [4.69, 9.17) is 20.5 Å². The Balaban J connectivity index is 1.48. The monoisotopic (exact) mass is 414 g/mol. The molecule has 1 saturated heterocycles. The molecule has 164 valence electrons. The summed E-state index contributed by atoms with van der Waals surface area (Å²) in [5.41, 5.74) is 6.46. The zero-order chi connectivity index (χ0) is 21.9. The van der Waals surface area contributed by atoms with Gasteiger partial charge in [0.05, 0.1) is 17.7 Å². The Morgan fingerprint density at radius 2 is 1.87 bits per heavy atom. The lowest BCUT2D eigenvalue weighted by molar-refractivity contribution is 0.00000816. The molecule has 2 aliphatic rings. The van der Waals surface area contributed by atoms with E-state index in [1.807, 2.05) is 32.7 Å². The third kappa shape index (κ3) is 5.65. The van der Waals surface area contributed by atoms with Crippen molar-refractivity contribution in [1.29, 1.82) is 5.26 Å². The normalized spacial score (nSPS) is 24.7. The standard InChI is InChI=1S/C23H34N4O3/c1-23(2,3)30-22(28)26(4)21-17-7-8-18(21)13-27(12-17)14-19(25)15-29-20-9-5-16(11-24)6-10-20/h5-6,9-10,17-19,21H,7-8,12-15,25H2,1-4H3. The first-order valence-electron chi connectivity index (χ1n) is 10.7. The van der Waals surface area contributed by atoms with Gasteiger partial charge in [0, 0.05) is 32.7 Å². The number of ether oxygens (including phenoxy) is 2. The van der Waals surface area contributed by atoms with Crippen molar-refractivity contribution in [2.24, 2.45) is 17.6 Å². The van der Waals surface area contributed by atoms with Gasteiger partial charge in [-0.15, -0.1) is 0 Å². The molecule has 1 aromatic carbocycles. The lowest BCUT2D eigenvalue weighted by Crippen LogP contribution is -2.55. The molecular formula is C23H34N4O3. The molecule has 0 aromatic heterocycles. The quantitative estimate of drug-likeness (QED) is 0.770. The van der Waals surface area contributed by atoms with Crippen molar-refractivity contribution < 1.29 is 14.3 Å². The first kappa shape index (κ1) is 22.4. The number of amides is 1. The zero-order valence-electron chi connectivity index (χ0n) is 18.5. The summed E-state index contributed by atoms with van der Waals surface area (Å²) in [6, 6.07) is 9.31. The van der Waals surface area contributed by atoms with Crippen molar-refractivity contribution in [2.45, 2.75) is 51.3 Å². The van der Waals surface area contributed by atoms with E-state index in [0.717, 1.165) is 38.2 Å². The smallest absolute Gasteiger partial charge is 0.410 e. The molecule has 2 bridgehead atoms. The van der Waals surface area contributed by atoms with Crippen LogP contribution >= 0.6 is 0 Å². The molecule has 0 radical (unpaired) electrons. The highest BCUT2D eigenvalue weighted by molar-refractivity contribution is 5.68. The summed E-state index contributed by atoms with van der Waals surface area (Å²) in [4.78, 5) is 16.8. The van der Waals surface area contributed by atoms with Gasteiger partial charge in [-0.1, -0.05) is 0 Å². The lowest BCUT2D eigenvalue weighted by Gasteiger charge is -2.43. The molecule has 0 spiro atoms. The predicted molar refractivity (Wildman–Crippen MR) is 115 cm³/mol. The fourth-order valence-corrected chi connectivity index (χ4v) is 4.74. The van der Waals surface area contributed by atoms with Crippen LogP contribution in [0.5, 0.6) is 5.75 Å². The molecular weight excluding hydrogens is 380 g/mol. The van der Waals surface area contributed by atoms with Crippen molar-refractivity contribution in [2.75, 3.05) is 33.3 Å². The number of rotatable bonds is 6. The van der Waals surface area contributed by atoms with Crippen LogP contribution in [0.2, 0.25) is 0 Å². The second-order valence-corrected chi connectivity index (χ2v) is 9.61. The Morgan fingerprint density at radius 3 is 2.40 bits per heavy atom. The number of nitriles is 1. The van der Waals surface area contributed by atoms with Gasteiger partial charge < -0.3 is 25.0 Å². The third-order valence-electron chi connectivity index (χ3n) is 5.93. The van der Waals surface area contributed by atoms with Gasteiger partial charge in [-0.05, 0) is 69.7 Å². The van der Waals surface area contributed by atoms with Gasteiger partial charge in [-0.25, -0.2) is 4.79 Å². The van der Waals surface area contributed by atoms with Crippen LogP contribution in [-0.4, -0.2) is 66.9 Å². The number of carbonyl (C=O) groups excluding carboxylic acids is 1. The van der Waals surface area contributed by atoms with Gasteiger partial charge in [-0.2, -0.15) is 5.26 Å². The maximum atomic E-state index is 12.5. The van der Waals surface area contributed by atoms with E-state index < -0.39 is 5.60 Å². The number of nitrogens with two attached hydrogens (primary N) is 1. The molecule has 2 N–H and O–H groups in total. The maximum Gasteiger partial charge on any atom is 0.410 e. The van der Waals surface area contributed by atoms with Gasteiger partial charge in [0.2, 0.25) is 0 Å². The van der Waals surface area contributed by atoms with Crippen LogP contribution in [0.1, 0.15) is 39.2 Å². The molecule has 2 fully saturated rings. The van der Waals surface area contributed by atoms with Crippen LogP contribution in [0.15, 0.2) is 24.3 Å². The molecule has 3 atom stereocenters. The highest BCUT2D eigenvalue weighted by Crippen LogP contribution is 2.40. The summed E-state index contributed by atoms with van der Waals surface area (Å²) in [6.45, 7) is 8.79. The molecule has 1 aromatic rings. The van der Waals surface area contributed by atoms with E-state index in [1.54, 1.807) is 24.3 Å². The molecule has 3 rings (SSSR count). The minimum Gasteiger partial charge on any atom is -0.492 e. The number of nitrogens with zero attached hydrogens (tertiary/aromatic N) is 3. The fourth-order valence-electron chi connectivity index (χ4n) is 4.74. The third-order valence-corrected chi connectivity index (χ3v) is 5.93. The Labute approximate surface area is 179 Å². The number of hydrogen-bond acceptors (Lipinski definition) is 6. The summed E-state index contributed by atoms with van der Waals surface area (Å²) in [6.07, 6.45) is 2.04. The van der Waals surface area contributed by atoms with Crippen LogP contribution < -0.4 is 10.5 Å². The number of piperidine rings is 1. The van der Waals surface area contributed by atoms with E-state index in [2.05, 4.69) is 11.0 Å². The van der Waals surface area contributed by atoms with E-state index in [0.29, 0.717) is 24.0 Å². The van der Waals surface area contributed by atoms with E-state index in [-0.39, 0.29) is 18.2 Å². The van der Waals surface area contributed by atoms with Crippen LogP contribution in [0.4, 0.5) is 4.79 Å². The van der Waals surface area contributed by atoms with Crippen LogP contribution in [-0.2, 0) is 4.74 Å². The lowest BCUT2D eigenvalue weighted by atomic mass is 9.91. The van der Waals surface area contributed by atoms with Crippen LogP contribution in [0, 0.1) is 23.2 Å². The molecule has 1 amide bonds. The number of benzene rings is 1. The van der Waals surface area contributed by atoms with Crippen LogP contribution in [0.25, 0.3) is 0 Å². The Morgan fingerprint density at radius 1 is 1.27 bits per heavy atom. The highest BCUT2D eigenvalue weighted by atomic mass is 16.6. The average Bonchev–Trinajstić information content (AvgIpc) is 2.95. The van der Waals surface area contributed by atoms with Gasteiger partial charge in [0.15, 0.2) is 0 Å². The molecule has 30 heavy (non-hydrogen) atoms. The first-order valence-corrected chi connectivity index (χ1v) is 10.7. The molecule has 3 unspecified atom stereocenters. The minimum absolute atomic E-state index is 0.0971. The number of hydrogen-bond donors (Lipinski definition) is 1. The van der Waals surface area contributed by atoms with Gasteiger partial charge >= 0.3 is 6.09 Å². The van der Waals surface area contributed by atoms with E-state index in [9.17, 15) is 4.79 Å². The van der Waals surface area contributed by atoms with Gasteiger partial charge in [-0.3, -0.25) is 0 Å². The molecule has 1 aliphatic carbocycles.